The van der Waals surface area contributed by atoms with E-state index in [4.69, 9.17) is 5.11 Å². The van der Waals surface area contributed by atoms with Crippen LogP contribution in [0.15, 0.2) is 18.3 Å². The van der Waals surface area contributed by atoms with Crippen LogP contribution in [0.3, 0.4) is 0 Å². The van der Waals surface area contributed by atoms with Gasteiger partial charge in [-0.25, -0.2) is 14.6 Å². The second-order valence-corrected chi connectivity index (χ2v) is 4.61. The Morgan fingerprint density at radius 2 is 2.15 bits per heavy atom. The number of rotatable bonds is 3. The predicted molar refractivity (Wildman–Crippen MR) is 71.8 cm³/mol. The lowest BCUT2D eigenvalue weighted by Crippen LogP contribution is -2.42. The molecule has 0 bridgehead atoms. The molecule has 1 fully saturated rings. The fourth-order valence-electron chi connectivity index (χ4n) is 2.19. The molecular formula is C13H17N3O4. The Kier molecular flexibility index (Phi) is 4.39. The molecule has 2 heterocycles. The number of piperidine rings is 1. The Bertz CT molecular complexity index is 498. The van der Waals surface area contributed by atoms with Gasteiger partial charge in [-0.05, 0) is 25.0 Å². The Balaban J connectivity index is 1.91. The lowest BCUT2D eigenvalue weighted by Gasteiger charge is -2.31. The number of carbonyl (C=O) groups excluding carboxylic acids is 1. The number of pyridine rings is 1. The molecule has 108 valence electrons. The van der Waals surface area contributed by atoms with E-state index in [-0.39, 0.29) is 17.7 Å². The minimum absolute atomic E-state index is 0.174. The van der Waals surface area contributed by atoms with Crippen molar-refractivity contribution in [2.45, 2.75) is 18.9 Å². The first kappa shape index (κ1) is 14.1. The number of likely N-dealkylation sites (tertiary alicyclic amines) is 1. The predicted octanol–water partition coefficient (Wildman–Crippen LogP) is 1.42. The summed E-state index contributed by atoms with van der Waals surface area (Å²) in [7, 11) is 1.37. The molecule has 1 saturated heterocycles. The highest BCUT2D eigenvalue weighted by Crippen LogP contribution is 2.16. The van der Waals surface area contributed by atoms with Crippen molar-refractivity contribution in [1.29, 1.82) is 0 Å². The highest BCUT2D eigenvalue weighted by Gasteiger charge is 2.23. The zero-order valence-corrected chi connectivity index (χ0v) is 11.2. The lowest BCUT2D eigenvalue weighted by molar-refractivity contribution is 0.0696. The Morgan fingerprint density at radius 1 is 1.45 bits per heavy atom. The van der Waals surface area contributed by atoms with Crippen LogP contribution in [0.2, 0.25) is 0 Å². The molecule has 0 aliphatic carbocycles. The van der Waals surface area contributed by atoms with Crippen LogP contribution < -0.4 is 5.32 Å². The molecule has 1 aliphatic rings. The molecule has 0 aromatic carbocycles. The maximum atomic E-state index is 11.4. The molecule has 0 atom stereocenters. The largest absolute Gasteiger partial charge is 0.478 e. The maximum absolute atomic E-state index is 11.4. The highest BCUT2D eigenvalue weighted by atomic mass is 16.5. The molecule has 0 radical (unpaired) electrons. The van der Waals surface area contributed by atoms with E-state index in [2.05, 4.69) is 15.0 Å². The number of carboxylic acid groups (broad SMARTS) is 1. The summed E-state index contributed by atoms with van der Waals surface area (Å²) in [6.45, 7) is 1.23. The van der Waals surface area contributed by atoms with Crippen molar-refractivity contribution in [1.82, 2.24) is 9.88 Å². The number of carbonyl (C=O) groups is 2. The van der Waals surface area contributed by atoms with Crippen molar-refractivity contribution in [3.63, 3.8) is 0 Å². The van der Waals surface area contributed by atoms with Crippen molar-refractivity contribution in [3.8, 4) is 0 Å². The standard InChI is InChI=1S/C13H17N3O4/c1-20-13(19)16-6-3-10(4-7-16)15-11-8-9(12(17)18)2-5-14-11/h2,5,8,10H,3-4,6-7H2,1H3,(H,14,15)(H,17,18). The van der Waals surface area contributed by atoms with Gasteiger partial charge < -0.3 is 20.1 Å². The number of aromatic carboxylic acids is 1. The molecule has 0 saturated carbocycles. The third kappa shape index (κ3) is 3.37. The minimum atomic E-state index is -0.976. The summed E-state index contributed by atoms with van der Waals surface area (Å²) in [6, 6.07) is 3.13. The number of amides is 1. The van der Waals surface area contributed by atoms with Crippen LogP contribution >= 0.6 is 0 Å². The highest BCUT2D eigenvalue weighted by molar-refractivity contribution is 5.88. The van der Waals surface area contributed by atoms with Gasteiger partial charge in [0.1, 0.15) is 5.82 Å². The number of carboxylic acids is 1. The number of nitrogens with zero attached hydrogens (tertiary/aromatic N) is 2. The molecular weight excluding hydrogens is 262 g/mol. The summed E-state index contributed by atoms with van der Waals surface area (Å²) in [6.07, 6.45) is 2.70. The monoisotopic (exact) mass is 279 g/mol. The number of hydrogen-bond donors (Lipinski definition) is 2. The van der Waals surface area contributed by atoms with Gasteiger partial charge in [-0.1, -0.05) is 0 Å². The van der Waals surface area contributed by atoms with E-state index in [1.165, 1.54) is 25.4 Å². The van der Waals surface area contributed by atoms with Crippen LogP contribution in [0.4, 0.5) is 10.6 Å². The molecule has 2 rings (SSSR count). The first-order valence-electron chi connectivity index (χ1n) is 6.39. The third-order valence-corrected chi connectivity index (χ3v) is 3.29. The topological polar surface area (TPSA) is 91.8 Å². The molecule has 2 N–H and O–H groups in total. The Morgan fingerprint density at radius 3 is 2.75 bits per heavy atom. The first-order valence-corrected chi connectivity index (χ1v) is 6.39. The van der Waals surface area contributed by atoms with Gasteiger partial charge in [0.05, 0.1) is 12.7 Å². The summed E-state index contributed by atoms with van der Waals surface area (Å²) in [5, 5.41) is 12.1. The molecule has 0 unspecified atom stereocenters. The van der Waals surface area contributed by atoms with Crippen molar-refractivity contribution in [3.05, 3.63) is 23.9 Å². The van der Waals surface area contributed by atoms with E-state index >= 15 is 0 Å². The van der Waals surface area contributed by atoms with E-state index in [1.807, 2.05) is 0 Å². The molecule has 1 amide bonds. The van der Waals surface area contributed by atoms with Gasteiger partial charge >= 0.3 is 12.1 Å². The first-order chi connectivity index (χ1) is 9.60. The van der Waals surface area contributed by atoms with Gasteiger partial charge in [0.2, 0.25) is 0 Å². The zero-order chi connectivity index (χ0) is 14.5. The summed E-state index contributed by atoms with van der Waals surface area (Å²) in [5.74, 6) is -0.433. The Hall–Kier alpha value is -2.31. The molecule has 1 aromatic rings. The van der Waals surface area contributed by atoms with Crippen molar-refractivity contribution in [2.75, 3.05) is 25.5 Å². The minimum Gasteiger partial charge on any atom is -0.478 e. The van der Waals surface area contributed by atoms with Crippen LogP contribution in [0, 0.1) is 0 Å². The van der Waals surface area contributed by atoms with E-state index in [9.17, 15) is 9.59 Å². The third-order valence-electron chi connectivity index (χ3n) is 3.29. The molecule has 20 heavy (non-hydrogen) atoms. The maximum Gasteiger partial charge on any atom is 0.409 e. The second-order valence-electron chi connectivity index (χ2n) is 4.61. The number of hydrogen-bond acceptors (Lipinski definition) is 5. The zero-order valence-electron chi connectivity index (χ0n) is 11.2. The van der Waals surface area contributed by atoms with Crippen LogP contribution in [-0.4, -0.2) is 53.3 Å². The van der Waals surface area contributed by atoms with Gasteiger partial charge in [0.15, 0.2) is 0 Å². The second kappa shape index (κ2) is 6.23. The van der Waals surface area contributed by atoms with Gasteiger partial charge in [-0.15, -0.1) is 0 Å². The van der Waals surface area contributed by atoms with E-state index in [1.54, 1.807) is 4.90 Å². The summed E-state index contributed by atoms with van der Waals surface area (Å²) < 4.78 is 4.67. The van der Waals surface area contributed by atoms with Crippen LogP contribution in [-0.2, 0) is 4.74 Å². The quantitative estimate of drug-likeness (QED) is 0.869. The van der Waals surface area contributed by atoms with Gasteiger partial charge in [-0.2, -0.15) is 0 Å². The molecule has 7 nitrogen and oxygen atoms in total. The van der Waals surface area contributed by atoms with E-state index in [0.29, 0.717) is 18.9 Å². The van der Waals surface area contributed by atoms with Crippen LogP contribution in [0.5, 0.6) is 0 Å². The summed E-state index contributed by atoms with van der Waals surface area (Å²) >= 11 is 0. The Labute approximate surface area is 116 Å². The van der Waals surface area contributed by atoms with Gasteiger partial charge in [0.25, 0.3) is 0 Å². The van der Waals surface area contributed by atoms with Crippen LogP contribution in [0.1, 0.15) is 23.2 Å². The normalized spacial score (nSPS) is 15.8. The van der Waals surface area contributed by atoms with E-state index in [0.717, 1.165) is 12.8 Å². The molecule has 1 aliphatic heterocycles. The fraction of sp³-hybridized carbons (Fsp3) is 0.462. The SMILES string of the molecule is COC(=O)N1CCC(Nc2cc(C(=O)O)ccn2)CC1. The molecule has 0 spiro atoms. The number of ether oxygens (including phenoxy) is 1. The van der Waals surface area contributed by atoms with Crippen LogP contribution in [0.25, 0.3) is 0 Å². The molecule has 7 heteroatoms. The number of nitrogens with one attached hydrogen (secondary N) is 1. The number of anilines is 1. The van der Waals surface area contributed by atoms with Crippen molar-refractivity contribution in [2.24, 2.45) is 0 Å². The van der Waals surface area contributed by atoms with Gasteiger partial charge in [-0.3, -0.25) is 0 Å². The van der Waals surface area contributed by atoms with E-state index < -0.39 is 5.97 Å². The number of methoxy groups -OCH3 is 1. The lowest BCUT2D eigenvalue weighted by atomic mass is 10.1. The van der Waals surface area contributed by atoms with Crippen molar-refractivity contribution >= 4 is 17.9 Å². The average Bonchev–Trinajstić information content (AvgIpc) is 2.47. The number of aromatic nitrogens is 1. The van der Waals surface area contributed by atoms with Gasteiger partial charge in [0, 0.05) is 25.3 Å². The summed E-state index contributed by atoms with van der Waals surface area (Å²) in [5.41, 5.74) is 0.203. The smallest absolute Gasteiger partial charge is 0.409 e. The van der Waals surface area contributed by atoms with Crippen molar-refractivity contribution < 1.29 is 19.4 Å². The summed E-state index contributed by atoms with van der Waals surface area (Å²) in [4.78, 5) is 28.0. The fourth-order valence-corrected chi connectivity index (χ4v) is 2.19. The average molecular weight is 279 g/mol. The molecule has 1 aromatic heterocycles.